The number of hydrogen-bond acceptors (Lipinski definition) is 3. The number of sulfone groups is 1. The van der Waals surface area contributed by atoms with Crippen molar-refractivity contribution >= 4 is 9.84 Å². The Balaban J connectivity index is 2.11. The summed E-state index contributed by atoms with van der Waals surface area (Å²) in [6.45, 7) is 4.48. The molecule has 0 aromatic heterocycles. The van der Waals surface area contributed by atoms with Crippen molar-refractivity contribution in [3.8, 4) is 0 Å². The van der Waals surface area contributed by atoms with Gasteiger partial charge in [0.25, 0.3) is 0 Å². The Labute approximate surface area is 110 Å². The maximum Gasteiger partial charge on any atom is 0.175 e. The van der Waals surface area contributed by atoms with Crippen LogP contribution in [-0.2, 0) is 16.3 Å². The molecule has 0 unspecified atom stereocenters. The Bertz CT molecular complexity index is 499. The van der Waals surface area contributed by atoms with Crippen LogP contribution in [0.15, 0.2) is 29.2 Å². The van der Waals surface area contributed by atoms with Gasteiger partial charge in [-0.05, 0) is 55.5 Å². The molecule has 2 rings (SSSR count). The van der Waals surface area contributed by atoms with E-state index in [-0.39, 0.29) is 0 Å². The van der Waals surface area contributed by atoms with Crippen LogP contribution in [0.5, 0.6) is 0 Å². The Morgan fingerprint density at radius 3 is 2.22 bits per heavy atom. The van der Waals surface area contributed by atoms with Crippen LogP contribution < -0.4 is 5.32 Å². The van der Waals surface area contributed by atoms with Crippen LogP contribution in [0.2, 0.25) is 0 Å². The smallest absolute Gasteiger partial charge is 0.175 e. The summed E-state index contributed by atoms with van der Waals surface area (Å²) in [5.74, 6) is 0. The minimum Gasteiger partial charge on any atom is -0.317 e. The molecule has 1 aromatic carbocycles. The molecule has 1 aliphatic heterocycles. The van der Waals surface area contributed by atoms with Crippen molar-refractivity contribution in [2.24, 2.45) is 5.41 Å². The van der Waals surface area contributed by atoms with Crippen molar-refractivity contribution in [3.05, 3.63) is 29.8 Å². The molecule has 1 aromatic rings. The van der Waals surface area contributed by atoms with Crippen LogP contribution in [0.1, 0.15) is 25.3 Å². The Kier molecular flexibility index (Phi) is 3.78. The van der Waals surface area contributed by atoms with Crippen molar-refractivity contribution in [1.29, 1.82) is 0 Å². The van der Waals surface area contributed by atoms with Gasteiger partial charge < -0.3 is 5.32 Å². The molecule has 0 radical (unpaired) electrons. The summed E-state index contributed by atoms with van der Waals surface area (Å²) >= 11 is 0. The SMILES string of the molecule is CC1(Cc2ccc(S(C)(=O)=O)cc2)CCNCC1. The van der Waals surface area contributed by atoms with Gasteiger partial charge in [0.1, 0.15) is 0 Å². The maximum atomic E-state index is 11.4. The summed E-state index contributed by atoms with van der Waals surface area (Å²) in [7, 11) is -3.08. The molecular formula is C14H21NO2S. The number of piperidine rings is 1. The van der Waals surface area contributed by atoms with E-state index in [0.29, 0.717) is 10.3 Å². The first kappa shape index (κ1) is 13.6. The van der Waals surface area contributed by atoms with Crippen LogP contribution >= 0.6 is 0 Å². The van der Waals surface area contributed by atoms with Gasteiger partial charge in [0.05, 0.1) is 4.90 Å². The van der Waals surface area contributed by atoms with E-state index in [9.17, 15) is 8.42 Å². The average molecular weight is 267 g/mol. The van der Waals surface area contributed by atoms with E-state index < -0.39 is 9.84 Å². The molecular weight excluding hydrogens is 246 g/mol. The number of rotatable bonds is 3. The second kappa shape index (κ2) is 5.02. The van der Waals surface area contributed by atoms with E-state index in [4.69, 9.17) is 0 Å². The van der Waals surface area contributed by atoms with Gasteiger partial charge in [-0.2, -0.15) is 0 Å². The summed E-state index contributed by atoms with van der Waals surface area (Å²) in [4.78, 5) is 0.404. The maximum absolute atomic E-state index is 11.4. The zero-order chi connectivity index (χ0) is 13.2. The van der Waals surface area contributed by atoms with Gasteiger partial charge >= 0.3 is 0 Å². The minimum atomic E-state index is -3.08. The minimum absolute atomic E-state index is 0.345. The molecule has 1 N–H and O–H groups in total. The van der Waals surface area contributed by atoms with Crippen molar-refractivity contribution in [2.45, 2.75) is 31.1 Å². The quantitative estimate of drug-likeness (QED) is 0.911. The van der Waals surface area contributed by atoms with Crippen molar-refractivity contribution in [2.75, 3.05) is 19.3 Å². The van der Waals surface area contributed by atoms with Crippen LogP contribution in [-0.4, -0.2) is 27.8 Å². The molecule has 0 atom stereocenters. The largest absolute Gasteiger partial charge is 0.317 e. The van der Waals surface area contributed by atoms with Crippen LogP contribution in [0, 0.1) is 5.41 Å². The van der Waals surface area contributed by atoms with E-state index in [1.165, 1.54) is 24.7 Å². The van der Waals surface area contributed by atoms with Crippen molar-refractivity contribution in [1.82, 2.24) is 5.32 Å². The molecule has 0 bridgehead atoms. The topological polar surface area (TPSA) is 46.2 Å². The molecule has 1 aliphatic rings. The highest BCUT2D eigenvalue weighted by molar-refractivity contribution is 7.90. The summed E-state index contributed by atoms with van der Waals surface area (Å²) < 4.78 is 22.8. The Morgan fingerprint density at radius 1 is 1.17 bits per heavy atom. The molecule has 0 aliphatic carbocycles. The lowest BCUT2D eigenvalue weighted by molar-refractivity contribution is 0.228. The molecule has 0 spiro atoms. The molecule has 0 amide bonds. The second-order valence-corrected chi connectivity index (χ2v) is 7.67. The standard InChI is InChI=1S/C14H21NO2S/c1-14(7-9-15-10-8-14)11-12-3-5-13(6-4-12)18(2,16)17/h3-6,15H,7-11H2,1-2H3. The normalized spacial score (nSPS) is 19.7. The fraction of sp³-hybridized carbons (Fsp3) is 0.571. The number of benzene rings is 1. The lowest BCUT2D eigenvalue weighted by Gasteiger charge is -2.34. The zero-order valence-electron chi connectivity index (χ0n) is 11.1. The van der Waals surface area contributed by atoms with Crippen LogP contribution in [0.25, 0.3) is 0 Å². The molecule has 0 saturated carbocycles. The third kappa shape index (κ3) is 3.33. The highest BCUT2D eigenvalue weighted by Gasteiger charge is 2.26. The third-order valence-corrected chi connectivity index (χ3v) is 4.92. The molecule has 100 valence electrons. The van der Waals surface area contributed by atoms with E-state index in [0.717, 1.165) is 19.5 Å². The summed E-state index contributed by atoms with van der Waals surface area (Å²) in [5, 5.41) is 3.38. The van der Waals surface area contributed by atoms with Gasteiger partial charge in [-0.25, -0.2) is 8.42 Å². The fourth-order valence-corrected chi connectivity index (χ4v) is 3.18. The summed E-state index contributed by atoms with van der Waals surface area (Å²) in [6, 6.07) is 7.33. The first-order valence-corrected chi connectivity index (χ1v) is 8.28. The Hall–Kier alpha value is -0.870. The first-order chi connectivity index (χ1) is 8.39. The van der Waals surface area contributed by atoms with Crippen molar-refractivity contribution in [3.63, 3.8) is 0 Å². The van der Waals surface area contributed by atoms with Gasteiger partial charge in [0, 0.05) is 6.26 Å². The second-order valence-electron chi connectivity index (χ2n) is 5.65. The summed E-state index contributed by atoms with van der Waals surface area (Å²) in [5.41, 5.74) is 1.57. The van der Waals surface area contributed by atoms with Gasteiger partial charge in [-0.15, -0.1) is 0 Å². The molecule has 1 saturated heterocycles. The first-order valence-electron chi connectivity index (χ1n) is 6.39. The predicted octanol–water partition coefficient (Wildman–Crippen LogP) is 2.02. The molecule has 1 heterocycles. The number of nitrogens with one attached hydrogen (secondary N) is 1. The highest BCUT2D eigenvalue weighted by atomic mass is 32.2. The molecule has 4 heteroatoms. The monoisotopic (exact) mass is 267 g/mol. The molecule has 1 fully saturated rings. The lowest BCUT2D eigenvalue weighted by atomic mass is 9.76. The van der Waals surface area contributed by atoms with Gasteiger partial charge in [-0.3, -0.25) is 0 Å². The summed E-state index contributed by atoms with van der Waals surface area (Å²) in [6.07, 6.45) is 4.64. The van der Waals surface area contributed by atoms with Crippen LogP contribution in [0.4, 0.5) is 0 Å². The van der Waals surface area contributed by atoms with Gasteiger partial charge in [0.2, 0.25) is 0 Å². The van der Waals surface area contributed by atoms with E-state index in [1.807, 2.05) is 12.1 Å². The predicted molar refractivity (Wildman–Crippen MR) is 73.5 cm³/mol. The highest BCUT2D eigenvalue weighted by Crippen LogP contribution is 2.32. The van der Waals surface area contributed by atoms with E-state index in [1.54, 1.807) is 12.1 Å². The molecule has 18 heavy (non-hydrogen) atoms. The van der Waals surface area contributed by atoms with Gasteiger partial charge in [-0.1, -0.05) is 19.1 Å². The van der Waals surface area contributed by atoms with Crippen molar-refractivity contribution < 1.29 is 8.42 Å². The van der Waals surface area contributed by atoms with E-state index in [2.05, 4.69) is 12.2 Å². The van der Waals surface area contributed by atoms with Gasteiger partial charge in [0.15, 0.2) is 9.84 Å². The Morgan fingerprint density at radius 2 is 1.72 bits per heavy atom. The third-order valence-electron chi connectivity index (χ3n) is 3.79. The molecule has 3 nitrogen and oxygen atoms in total. The lowest BCUT2D eigenvalue weighted by Crippen LogP contribution is -2.36. The fourth-order valence-electron chi connectivity index (χ4n) is 2.55. The zero-order valence-corrected chi connectivity index (χ0v) is 11.9. The van der Waals surface area contributed by atoms with Crippen LogP contribution in [0.3, 0.4) is 0 Å². The number of hydrogen-bond donors (Lipinski definition) is 1. The van der Waals surface area contributed by atoms with E-state index >= 15 is 0 Å². The average Bonchev–Trinajstić information content (AvgIpc) is 2.29.